The van der Waals surface area contributed by atoms with Crippen LogP contribution in [0.3, 0.4) is 0 Å². The van der Waals surface area contributed by atoms with Crippen LogP contribution in [-0.2, 0) is 13.7 Å². The van der Waals surface area contributed by atoms with Crippen LogP contribution in [0.25, 0.3) is 5.70 Å². The Morgan fingerprint density at radius 3 is 1.70 bits per heavy atom. The highest BCUT2D eigenvalue weighted by Gasteiger charge is 2.45. The Labute approximate surface area is 194 Å². The molecule has 0 radical (unpaired) electrons. The van der Waals surface area contributed by atoms with E-state index in [2.05, 4.69) is 107 Å². The minimum Gasteiger partial charge on any atom is -0.413 e. The summed E-state index contributed by atoms with van der Waals surface area (Å²) in [6.45, 7) is 23.6. The molecule has 0 aromatic heterocycles. The SMILES string of the molecule is CC(C)(C)[Si](C)(C)OCC1(CO[Si](C)(C)C(C)(C)C)C=C(c2ccc(Br)cc2)NO1. The Kier molecular flexibility index (Phi) is 7.60. The number of hydrogen-bond donors (Lipinski definition) is 1. The molecule has 1 N–H and O–H groups in total. The third-order valence-electron chi connectivity index (χ3n) is 6.89. The first kappa shape index (κ1) is 25.8. The van der Waals surface area contributed by atoms with Crippen LogP contribution in [0, 0.1) is 0 Å². The van der Waals surface area contributed by atoms with Crippen molar-refractivity contribution in [2.24, 2.45) is 0 Å². The van der Waals surface area contributed by atoms with Gasteiger partial charge in [0.05, 0.1) is 18.9 Å². The first-order valence-corrected chi connectivity index (χ1v) is 17.3. The molecule has 30 heavy (non-hydrogen) atoms. The number of rotatable bonds is 7. The first-order valence-electron chi connectivity index (χ1n) is 10.7. The smallest absolute Gasteiger partial charge is 0.192 e. The fourth-order valence-electron chi connectivity index (χ4n) is 2.47. The van der Waals surface area contributed by atoms with Gasteiger partial charge in [-0.1, -0.05) is 69.6 Å². The number of benzene rings is 1. The highest BCUT2D eigenvalue weighted by molar-refractivity contribution is 9.10. The van der Waals surface area contributed by atoms with Crippen molar-refractivity contribution in [2.45, 2.75) is 83.4 Å². The number of nitrogens with one attached hydrogen (secondary N) is 1. The summed E-state index contributed by atoms with van der Waals surface area (Å²) in [7, 11) is -3.85. The lowest BCUT2D eigenvalue weighted by Crippen LogP contribution is -2.51. The van der Waals surface area contributed by atoms with Gasteiger partial charge in [0.2, 0.25) is 0 Å². The van der Waals surface area contributed by atoms with Crippen molar-refractivity contribution in [2.75, 3.05) is 13.2 Å². The maximum Gasteiger partial charge on any atom is 0.192 e. The summed E-state index contributed by atoms with van der Waals surface area (Å²) in [6.07, 6.45) is 2.15. The molecule has 170 valence electrons. The predicted octanol–water partition coefficient (Wildman–Crippen LogP) is 7.11. The van der Waals surface area contributed by atoms with Gasteiger partial charge < -0.3 is 8.85 Å². The van der Waals surface area contributed by atoms with E-state index in [-0.39, 0.29) is 10.1 Å². The molecule has 1 aromatic carbocycles. The van der Waals surface area contributed by atoms with Crippen LogP contribution in [-0.4, -0.2) is 35.4 Å². The van der Waals surface area contributed by atoms with E-state index in [1.54, 1.807) is 0 Å². The predicted molar refractivity (Wildman–Crippen MR) is 135 cm³/mol. The van der Waals surface area contributed by atoms with Crippen molar-refractivity contribution in [3.63, 3.8) is 0 Å². The van der Waals surface area contributed by atoms with E-state index < -0.39 is 22.2 Å². The molecule has 4 nitrogen and oxygen atoms in total. The third kappa shape index (κ3) is 6.07. The molecule has 1 aromatic rings. The van der Waals surface area contributed by atoms with Crippen LogP contribution in [0.15, 0.2) is 34.8 Å². The lowest BCUT2D eigenvalue weighted by Gasteiger charge is -2.41. The zero-order valence-corrected chi connectivity index (χ0v) is 24.0. The normalized spacial score (nSPS) is 17.6. The second-order valence-corrected chi connectivity index (χ2v) is 22.0. The fourth-order valence-corrected chi connectivity index (χ4v) is 4.81. The van der Waals surface area contributed by atoms with Gasteiger partial charge in [-0.15, -0.1) is 0 Å². The number of hydroxylamine groups is 1. The van der Waals surface area contributed by atoms with E-state index in [1.807, 2.05) is 12.1 Å². The Balaban J connectivity index is 2.30. The minimum absolute atomic E-state index is 0.138. The maximum absolute atomic E-state index is 6.59. The summed E-state index contributed by atoms with van der Waals surface area (Å²) < 4.78 is 14.2. The zero-order valence-electron chi connectivity index (χ0n) is 20.4. The van der Waals surface area contributed by atoms with Gasteiger partial charge in [0.25, 0.3) is 0 Å². The summed E-state index contributed by atoms with van der Waals surface area (Å²) in [5.74, 6) is 0. The van der Waals surface area contributed by atoms with Crippen LogP contribution in [0.4, 0.5) is 0 Å². The third-order valence-corrected chi connectivity index (χ3v) is 16.4. The molecule has 0 amide bonds. The van der Waals surface area contributed by atoms with E-state index in [0.29, 0.717) is 13.2 Å². The molecule has 0 atom stereocenters. The fraction of sp³-hybridized carbons (Fsp3) is 0.652. The largest absolute Gasteiger partial charge is 0.413 e. The van der Waals surface area contributed by atoms with Crippen LogP contribution < -0.4 is 5.48 Å². The molecular weight excluding hydrogens is 474 g/mol. The number of hydrogen-bond acceptors (Lipinski definition) is 4. The van der Waals surface area contributed by atoms with Gasteiger partial charge in [0.1, 0.15) is 0 Å². The molecule has 1 aliphatic heterocycles. The molecule has 0 aliphatic carbocycles. The monoisotopic (exact) mass is 513 g/mol. The molecule has 1 heterocycles. The Morgan fingerprint density at radius 1 is 0.867 bits per heavy atom. The summed E-state index contributed by atoms with van der Waals surface area (Å²) in [4.78, 5) is 6.19. The molecule has 0 bridgehead atoms. The average molecular weight is 515 g/mol. The van der Waals surface area contributed by atoms with Gasteiger partial charge >= 0.3 is 0 Å². The van der Waals surface area contributed by atoms with E-state index >= 15 is 0 Å². The minimum atomic E-state index is -1.93. The quantitative estimate of drug-likeness (QED) is 0.394. The molecule has 0 spiro atoms. The molecule has 0 fully saturated rings. The van der Waals surface area contributed by atoms with Crippen molar-refractivity contribution >= 4 is 38.3 Å². The zero-order chi connectivity index (χ0) is 23.0. The lowest BCUT2D eigenvalue weighted by molar-refractivity contribution is -0.0864. The van der Waals surface area contributed by atoms with Crippen molar-refractivity contribution in [3.8, 4) is 0 Å². The summed E-state index contributed by atoms with van der Waals surface area (Å²) in [6, 6.07) is 8.23. The van der Waals surface area contributed by atoms with Gasteiger partial charge in [0.15, 0.2) is 22.2 Å². The van der Waals surface area contributed by atoms with Crippen molar-refractivity contribution in [1.82, 2.24) is 5.48 Å². The summed E-state index contributed by atoms with van der Waals surface area (Å²) >= 11 is 3.50. The molecule has 2 rings (SSSR count). The van der Waals surface area contributed by atoms with Crippen molar-refractivity contribution in [3.05, 3.63) is 40.4 Å². The highest BCUT2D eigenvalue weighted by atomic mass is 79.9. The van der Waals surface area contributed by atoms with Crippen LogP contribution in [0.2, 0.25) is 36.3 Å². The Bertz CT molecular complexity index is 732. The second kappa shape index (κ2) is 8.83. The second-order valence-electron chi connectivity index (χ2n) is 11.4. The topological polar surface area (TPSA) is 39.7 Å². The van der Waals surface area contributed by atoms with Crippen LogP contribution in [0.5, 0.6) is 0 Å². The Hall–Kier alpha value is -0.446. The van der Waals surface area contributed by atoms with Crippen molar-refractivity contribution in [1.29, 1.82) is 0 Å². The first-order chi connectivity index (χ1) is 13.5. The van der Waals surface area contributed by atoms with Crippen LogP contribution in [0.1, 0.15) is 47.1 Å². The van der Waals surface area contributed by atoms with E-state index in [9.17, 15) is 0 Å². The summed E-state index contributed by atoms with van der Waals surface area (Å²) in [5, 5.41) is 0.275. The van der Waals surface area contributed by atoms with Gasteiger partial charge in [0, 0.05) is 4.47 Å². The summed E-state index contributed by atoms with van der Waals surface area (Å²) in [5.41, 5.74) is 4.55. The molecule has 1 aliphatic rings. The molecule has 7 heteroatoms. The van der Waals surface area contributed by atoms with Gasteiger partial charge in [-0.3, -0.25) is 10.3 Å². The van der Waals surface area contributed by atoms with Gasteiger partial charge in [-0.25, -0.2) is 0 Å². The average Bonchev–Trinajstić information content (AvgIpc) is 3.02. The Morgan fingerprint density at radius 2 is 1.30 bits per heavy atom. The van der Waals surface area contributed by atoms with Crippen LogP contribution >= 0.6 is 15.9 Å². The maximum atomic E-state index is 6.59. The van der Waals surface area contributed by atoms with Gasteiger partial charge in [-0.05, 0) is 60.0 Å². The lowest BCUT2D eigenvalue weighted by atomic mass is 10.0. The highest BCUT2D eigenvalue weighted by Crippen LogP contribution is 2.40. The molecule has 0 saturated heterocycles. The van der Waals surface area contributed by atoms with E-state index in [1.165, 1.54) is 0 Å². The number of halogens is 1. The molecule has 0 saturated carbocycles. The van der Waals surface area contributed by atoms with E-state index in [0.717, 1.165) is 15.7 Å². The van der Waals surface area contributed by atoms with Gasteiger partial charge in [-0.2, -0.15) is 0 Å². The van der Waals surface area contributed by atoms with Crippen molar-refractivity contribution < 1.29 is 13.7 Å². The standard InChI is InChI=1S/C23H40BrNO3Si2/c1-21(2,3)29(7,8)26-16-23(17-27-30(9,10)22(4,5)6)15-20(25-28-23)18-11-13-19(24)14-12-18/h11-15,25H,16-17H2,1-10H3. The molecule has 0 unspecified atom stereocenters. The van der Waals surface area contributed by atoms with E-state index in [4.69, 9.17) is 13.7 Å². The molecular formula is C23H40BrNO3Si2.